The Balaban J connectivity index is 2.30. The number of hydrogen-bond acceptors (Lipinski definition) is 4. The molecule has 5 nitrogen and oxygen atoms in total. The third kappa shape index (κ3) is 3.55. The average molecular weight is 256 g/mol. The Morgan fingerprint density at radius 1 is 1.33 bits per heavy atom. The fourth-order valence-electron chi connectivity index (χ4n) is 2.45. The van der Waals surface area contributed by atoms with Crippen LogP contribution < -0.4 is 0 Å². The first-order chi connectivity index (χ1) is 8.49. The van der Waals surface area contributed by atoms with Gasteiger partial charge in [-0.25, -0.2) is 0 Å². The second kappa shape index (κ2) is 6.52. The predicted molar refractivity (Wildman–Crippen MR) is 64.0 cm³/mol. The van der Waals surface area contributed by atoms with Gasteiger partial charge in [-0.3, -0.25) is 14.4 Å². The molecule has 1 aliphatic rings. The number of carboxylic acid groups (broad SMARTS) is 1. The fraction of sp³-hybridized carbons (Fsp3) is 0.769. The Morgan fingerprint density at radius 2 is 2.06 bits per heavy atom. The zero-order valence-electron chi connectivity index (χ0n) is 10.7. The first-order valence-corrected chi connectivity index (χ1v) is 6.39. The Hall–Kier alpha value is -1.39. The Kier molecular flexibility index (Phi) is 5.31. The third-order valence-electron chi connectivity index (χ3n) is 3.50. The molecule has 1 fully saturated rings. The molecule has 0 radical (unpaired) electrons. The summed E-state index contributed by atoms with van der Waals surface area (Å²) in [4.78, 5) is 33.5. The van der Waals surface area contributed by atoms with E-state index in [-0.39, 0.29) is 11.8 Å². The van der Waals surface area contributed by atoms with Crippen LogP contribution in [-0.4, -0.2) is 29.4 Å². The van der Waals surface area contributed by atoms with Crippen LogP contribution >= 0.6 is 0 Å². The van der Waals surface area contributed by atoms with Crippen LogP contribution in [0.2, 0.25) is 0 Å². The van der Waals surface area contributed by atoms with Gasteiger partial charge in [0, 0.05) is 13.3 Å². The van der Waals surface area contributed by atoms with Crippen molar-refractivity contribution < 1.29 is 24.2 Å². The molecule has 0 aromatic rings. The van der Waals surface area contributed by atoms with Crippen LogP contribution in [-0.2, 0) is 19.1 Å². The lowest BCUT2D eigenvalue weighted by molar-refractivity contribution is -0.153. The maximum absolute atomic E-state index is 11.7. The van der Waals surface area contributed by atoms with Crippen molar-refractivity contribution in [1.82, 2.24) is 0 Å². The summed E-state index contributed by atoms with van der Waals surface area (Å²) in [7, 11) is 0. The highest BCUT2D eigenvalue weighted by Crippen LogP contribution is 2.39. The lowest BCUT2D eigenvalue weighted by Gasteiger charge is -2.21. The van der Waals surface area contributed by atoms with Gasteiger partial charge < -0.3 is 9.84 Å². The van der Waals surface area contributed by atoms with E-state index >= 15 is 0 Å². The predicted octanol–water partition coefficient (Wildman–Crippen LogP) is 1.93. The number of carboxylic acids is 1. The van der Waals surface area contributed by atoms with E-state index in [9.17, 15) is 19.5 Å². The molecule has 0 bridgehead atoms. The molecule has 0 heterocycles. The second-order valence-corrected chi connectivity index (χ2v) is 4.81. The zero-order chi connectivity index (χ0) is 13.6. The highest BCUT2D eigenvalue weighted by atomic mass is 16.5. The zero-order valence-corrected chi connectivity index (χ0v) is 10.7. The molecule has 18 heavy (non-hydrogen) atoms. The van der Waals surface area contributed by atoms with Gasteiger partial charge in [0.1, 0.15) is 11.2 Å². The van der Waals surface area contributed by atoms with Crippen molar-refractivity contribution >= 4 is 17.7 Å². The summed E-state index contributed by atoms with van der Waals surface area (Å²) in [5.74, 6) is -1.41. The van der Waals surface area contributed by atoms with E-state index in [1.54, 1.807) is 0 Å². The van der Waals surface area contributed by atoms with E-state index in [2.05, 4.69) is 0 Å². The number of Topliss-reactive ketones (excluding diaryl/α,β-unsaturated/α-hetero) is 1. The summed E-state index contributed by atoms with van der Waals surface area (Å²) in [6.45, 7) is 1.72. The molecular weight excluding hydrogens is 236 g/mol. The van der Waals surface area contributed by atoms with Crippen LogP contribution in [0.15, 0.2) is 0 Å². The van der Waals surface area contributed by atoms with E-state index in [0.29, 0.717) is 45.1 Å². The lowest BCUT2D eigenvalue weighted by atomic mass is 9.80. The number of ketones is 1. The van der Waals surface area contributed by atoms with Crippen LogP contribution in [0.5, 0.6) is 0 Å². The van der Waals surface area contributed by atoms with E-state index < -0.39 is 11.4 Å². The van der Waals surface area contributed by atoms with Gasteiger partial charge in [-0.05, 0) is 25.7 Å². The van der Waals surface area contributed by atoms with Crippen LogP contribution in [0, 0.1) is 5.41 Å². The van der Waals surface area contributed by atoms with E-state index in [1.165, 1.54) is 6.92 Å². The van der Waals surface area contributed by atoms with Crippen molar-refractivity contribution in [3.8, 4) is 0 Å². The molecule has 0 aromatic carbocycles. The number of carbonyl (C=O) groups excluding carboxylic acids is 2. The largest absolute Gasteiger partial charge is 0.480 e. The molecular formula is C13H20O5. The molecule has 0 saturated heterocycles. The standard InChI is InChI=1S/C13H20O5/c1-10(14)18-9-4-2-3-7-13(12(16)17)8-5-6-11(13)15/h2-9H2,1H3,(H,16,17). The molecule has 1 aliphatic carbocycles. The number of esters is 1. The molecule has 1 rings (SSSR count). The highest BCUT2D eigenvalue weighted by Gasteiger charge is 2.47. The number of unbranched alkanes of at least 4 members (excludes halogenated alkanes) is 2. The first-order valence-electron chi connectivity index (χ1n) is 6.39. The minimum atomic E-state index is -1.14. The van der Waals surface area contributed by atoms with Gasteiger partial charge in [0.15, 0.2) is 0 Å². The smallest absolute Gasteiger partial charge is 0.317 e. The molecule has 1 saturated carbocycles. The van der Waals surface area contributed by atoms with Gasteiger partial charge in [0.25, 0.3) is 0 Å². The van der Waals surface area contributed by atoms with Crippen molar-refractivity contribution in [1.29, 1.82) is 0 Å². The molecule has 0 amide bonds. The Bertz CT molecular complexity index is 336. The van der Waals surface area contributed by atoms with Crippen molar-refractivity contribution in [3.63, 3.8) is 0 Å². The van der Waals surface area contributed by atoms with Crippen molar-refractivity contribution in [2.24, 2.45) is 5.41 Å². The van der Waals surface area contributed by atoms with Gasteiger partial charge in [0.2, 0.25) is 0 Å². The van der Waals surface area contributed by atoms with Crippen LogP contribution in [0.1, 0.15) is 51.9 Å². The van der Waals surface area contributed by atoms with Crippen LogP contribution in [0.3, 0.4) is 0 Å². The Labute approximate surface area is 107 Å². The lowest BCUT2D eigenvalue weighted by Crippen LogP contribution is -2.35. The average Bonchev–Trinajstić information content (AvgIpc) is 2.66. The third-order valence-corrected chi connectivity index (χ3v) is 3.50. The van der Waals surface area contributed by atoms with Crippen LogP contribution in [0.4, 0.5) is 0 Å². The van der Waals surface area contributed by atoms with Gasteiger partial charge in [-0.15, -0.1) is 0 Å². The minimum Gasteiger partial charge on any atom is -0.480 e. The SMILES string of the molecule is CC(=O)OCCCCCC1(C(=O)O)CCCC1=O. The summed E-state index contributed by atoms with van der Waals surface area (Å²) in [6.07, 6.45) is 4.10. The molecule has 0 aliphatic heterocycles. The minimum absolute atomic E-state index is 0.130. The fourth-order valence-corrected chi connectivity index (χ4v) is 2.45. The van der Waals surface area contributed by atoms with Gasteiger partial charge in [-0.2, -0.15) is 0 Å². The molecule has 1 unspecified atom stereocenters. The van der Waals surface area contributed by atoms with Crippen molar-refractivity contribution in [2.45, 2.75) is 51.9 Å². The number of aliphatic carboxylic acids is 1. The van der Waals surface area contributed by atoms with Crippen molar-refractivity contribution in [2.75, 3.05) is 6.61 Å². The normalized spacial score (nSPS) is 23.1. The quantitative estimate of drug-likeness (QED) is 0.427. The summed E-state index contributed by atoms with van der Waals surface area (Å²) in [5.41, 5.74) is -1.14. The molecule has 5 heteroatoms. The van der Waals surface area contributed by atoms with Gasteiger partial charge in [0.05, 0.1) is 6.61 Å². The number of carbonyl (C=O) groups is 3. The van der Waals surface area contributed by atoms with Gasteiger partial charge in [-0.1, -0.05) is 12.8 Å². The van der Waals surface area contributed by atoms with Crippen molar-refractivity contribution in [3.05, 3.63) is 0 Å². The maximum Gasteiger partial charge on any atom is 0.317 e. The highest BCUT2D eigenvalue weighted by molar-refractivity contribution is 6.04. The molecule has 0 spiro atoms. The molecule has 1 atom stereocenters. The molecule has 102 valence electrons. The number of ether oxygens (including phenoxy) is 1. The number of hydrogen-bond donors (Lipinski definition) is 1. The van der Waals surface area contributed by atoms with Crippen LogP contribution in [0.25, 0.3) is 0 Å². The summed E-state index contributed by atoms with van der Waals surface area (Å²) >= 11 is 0. The first kappa shape index (κ1) is 14.7. The maximum atomic E-state index is 11.7. The topological polar surface area (TPSA) is 80.7 Å². The monoisotopic (exact) mass is 256 g/mol. The number of rotatable bonds is 7. The summed E-state index contributed by atoms with van der Waals surface area (Å²) < 4.78 is 4.79. The summed E-state index contributed by atoms with van der Waals surface area (Å²) in [6, 6.07) is 0. The van der Waals surface area contributed by atoms with E-state index in [4.69, 9.17) is 4.74 Å². The summed E-state index contributed by atoms with van der Waals surface area (Å²) in [5, 5.41) is 9.22. The van der Waals surface area contributed by atoms with E-state index in [0.717, 1.165) is 6.42 Å². The molecule has 1 N–H and O–H groups in total. The Morgan fingerprint density at radius 3 is 2.56 bits per heavy atom. The molecule has 0 aromatic heterocycles. The second-order valence-electron chi connectivity index (χ2n) is 4.81. The van der Waals surface area contributed by atoms with E-state index in [1.807, 2.05) is 0 Å². The van der Waals surface area contributed by atoms with Gasteiger partial charge >= 0.3 is 11.9 Å².